The Kier molecular flexibility index (Phi) is 4.26. The van der Waals surface area contributed by atoms with Crippen molar-refractivity contribution >= 4 is 33.2 Å². The van der Waals surface area contributed by atoms with Crippen LogP contribution in [0.2, 0.25) is 5.02 Å². The monoisotopic (exact) mass is 325 g/mol. The first kappa shape index (κ1) is 15.4. The van der Waals surface area contributed by atoms with Crippen molar-refractivity contribution in [3.8, 4) is 0 Å². The normalized spacial score (nSPS) is 11.2. The third kappa shape index (κ3) is 3.57. The molecule has 0 radical (unpaired) electrons. The molecule has 2 rings (SSSR count). The predicted octanol–water partition coefficient (Wildman–Crippen LogP) is 1.94. The fraction of sp³-hybridized carbons (Fsp3) is 0.0769. The van der Waals surface area contributed by atoms with Crippen LogP contribution >= 0.6 is 11.6 Å². The van der Waals surface area contributed by atoms with Crippen molar-refractivity contribution in [1.82, 2.24) is 4.98 Å². The summed E-state index contributed by atoms with van der Waals surface area (Å²) < 4.78 is 22.5. The minimum atomic E-state index is -3.89. The molecule has 8 heteroatoms. The molecule has 1 aromatic carbocycles. The predicted molar refractivity (Wildman–Crippen MR) is 79.8 cm³/mol. The minimum Gasteiger partial charge on any atom is -0.321 e. The number of pyridine rings is 1. The van der Waals surface area contributed by atoms with E-state index in [1.165, 1.54) is 24.4 Å². The van der Waals surface area contributed by atoms with Gasteiger partial charge in [-0.2, -0.15) is 0 Å². The molecule has 0 saturated carbocycles. The van der Waals surface area contributed by atoms with E-state index in [0.29, 0.717) is 5.69 Å². The Balaban J connectivity index is 2.27. The summed E-state index contributed by atoms with van der Waals surface area (Å²) in [5.74, 6) is -0.410. The summed E-state index contributed by atoms with van der Waals surface area (Å²) >= 11 is 5.85. The number of carbonyl (C=O) groups is 1. The number of anilines is 1. The standard InChI is InChI=1S/C13H12ClN3O3S/c1-8-3-2-6-16-12(8)13(18)17-9-4-5-11(10(14)7-9)21(15,19)20/h2-7H,1H3,(H,17,18)(H2,15,19,20). The highest BCUT2D eigenvalue weighted by Crippen LogP contribution is 2.24. The molecule has 21 heavy (non-hydrogen) atoms. The van der Waals surface area contributed by atoms with Gasteiger partial charge in [0, 0.05) is 11.9 Å². The van der Waals surface area contributed by atoms with Gasteiger partial charge in [-0.25, -0.2) is 13.6 Å². The average Bonchev–Trinajstić information content (AvgIpc) is 2.37. The molecule has 0 saturated heterocycles. The number of aromatic nitrogens is 1. The average molecular weight is 326 g/mol. The molecular weight excluding hydrogens is 314 g/mol. The number of hydrogen-bond acceptors (Lipinski definition) is 4. The number of benzene rings is 1. The van der Waals surface area contributed by atoms with E-state index in [9.17, 15) is 13.2 Å². The largest absolute Gasteiger partial charge is 0.321 e. The van der Waals surface area contributed by atoms with Gasteiger partial charge in [-0.1, -0.05) is 17.7 Å². The van der Waals surface area contributed by atoms with Crippen LogP contribution in [0.5, 0.6) is 0 Å². The second kappa shape index (κ2) is 5.80. The van der Waals surface area contributed by atoms with Gasteiger partial charge in [-0.3, -0.25) is 9.78 Å². The number of nitrogens with one attached hydrogen (secondary N) is 1. The molecule has 1 aromatic heterocycles. The van der Waals surface area contributed by atoms with Crippen LogP contribution in [0.1, 0.15) is 16.1 Å². The lowest BCUT2D eigenvalue weighted by Crippen LogP contribution is -2.16. The van der Waals surface area contributed by atoms with E-state index in [4.69, 9.17) is 16.7 Å². The first-order valence-electron chi connectivity index (χ1n) is 5.84. The first-order chi connectivity index (χ1) is 9.79. The molecule has 1 amide bonds. The lowest BCUT2D eigenvalue weighted by atomic mass is 10.2. The SMILES string of the molecule is Cc1cccnc1C(=O)Nc1ccc(S(N)(=O)=O)c(Cl)c1. The van der Waals surface area contributed by atoms with Crippen LogP contribution in [0.4, 0.5) is 5.69 Å². The Hall–Kier alpha value is -1.96. The van der Waals surface area contributed by atoms with Crippen molar-refractivity contribution in [2.75, 3.05) is 5.32 Å². The Labute approximate surface area is 127 Å². The lowest BCUT2D eigenvalue weighted by Gasteiger charge is -2.08. The molecule has 0 fully saturated rings. The molecule has 0 aliphatic rings. The third-order valence-electron chi connectivity index (χ3n) is 2.72. The van der Waals surface area contributed by atoms with Crippen molar-refractivity contribution in [1.29, 1.82) is 0 Å². The maximum atomic E-state index is 12.1. The topological polar surface area (TPSA) is 102 Å². The Morgan fingerprint density at radius 3 is 2.62 bits per heavy atom. The molecule has 0 aliphatic carbocycles. The molecule has 0 spiro atoms. The third-order valence-corrected chi connectivity index (χ3v) is 4.11. The molecule has 6 nitrogen and oxygen atoms in total. The lowest BCUT2D eigenvalue weighted by molar-refractivity contribution is 0.102. The number of sulfonamides is 1. The minimum absolute atomic E-state index is 0.0620. The molecule has 0 aliphatic heterocycles. The van der Waals surface area contributed by atoms with Crippen LogP contribution in [-0.2, 0) is 10.0 Å². The summed E-state index contributed by atoms with van der Waals surface area (Å²) in [6, 6.07) is 7.45. The second-order valence-electron chi connectivity index (χ2n) is 4.31. The van der Waals surface area contributed by atoms with E-state index in [2.05, 4.69) is 10.3 Å². The number of nitrogens with two attached hydrogens (primary N) is 1. The van der Waals surface area contributed by atoms with E-state index in [0.717, 1.165) is 5.56 Å². The molecule has 0 unspecified atom stereocenters. The fourth-order valence-electron chi connectivity index (χ4n) is 1.72. The van der Waals surface area contributed by atoms with Crippen molar-refractivity contribution in [3.63, 3.8) is 0 Å². The Morgan fingerprint density at radius 2 is 2.05 bits per heavy atom. The zero-order valence-electron chi connectivity index (χ0n) is 11.0. The van der Waals surface area contributed by atoms with Gasteiger partial charge in [0.2, 0.25) is 10.0 Å². The smallest absolute Gasteiger partial charge is 0.274 e. The summed E-state index contributed by atoms with van der Waals surface area (Å²) in [6.45, 7) is 1.76. The Morgan fingerprint density at radius 1 is 1.33 bits per heavy atom. The maximum Gasteiger partial charge on any atom is 0.274 e. The fourth-order valence-corrected chi connectivity index (χ4v) is 2.81. The van der Waals surface area contributed by atoms with Crippen LogP contribution < -0.4 is 10.5 Å². The van der Waals surface area contributed by atoms with Crippen LogP contribution in [0, 0.1) is 6.92 Å². The van der Waals surface area contributed by atoms with Gasteiger partial charge in [0.05, 0.1) is 5.02 Å². The highest BCUT2D eigenvalue weighted by molar-refractivity contribution is 7.89. The molecule has 0 bridgehead atoms. The Bertz CT molecular complexity index is 806. The maximum absolute atomic E-state index is 12.1. The van der Waals surface area contributed by atoms with Crippen molar-refractivity contribution < 1.29 is 13.2 Å². The zero-order valence-corrected chi connectivity index (χ0v) is 12.6. The summed E-state index contributed by atoms with van der Waals surface area (Å²) in [6.07, 6.45) is 1.51. The van der Waals surface area contributed by atoms with Crippen LogP contribution in [0.3, 0.4) is 0 Å². The van der Waals surface area contributed by atoms with Gasteiger partial charge in [-0.05, 0) is 36.8 Å². The number of rotatable bonds is 3. The number of aryl methyl sites for hydroxylation is 1. The van der Waals surface area contributed by atoms with E-state index in [1.54, 1.807) is 19.1 Å². The van der Waals surface area contributed by atoms with Crippen molar-refractivity contribution in [2.24, 2.45) is 5.14 Å². The van der Waals surface area contributed by atoms with E-state index in [1.807, 2.05) is 0 Å². The second-order valence-corrected chi connectivity index (χ2v) is 6.25. The van der Waals surface area contributed by atoms with Gasteiger partial charge in [0.1, 0.15) is 10.6 Å². The summed E-state index contributed by atoms with van der Waals surface area (Å²) in [5, 5.41) is 7.55. The molecule has 110 valence electrons. The number of amides is 1. The van der Waals surface area contributed by atoms with Gasteiger partial charge in [0.15, 0.2) is 0 Å². The van der Waals surface area contributed by atoms with Gasteiger partial charge in [-0.15, -0.1) is 0 Å². The van der Waals surface area contributed by atoms with E-state index >= 15 is 0 Å². The highest BCUT2D eigenvalue weighted by atomic mass is 35.5. The van der Waals surface area contributed by atoms with E-state index < -0.39 is 15.9 Å². The summed E-state index contributed by atoms with van der Waals surface area (Å²) in [5.41, 5.74) is 1.36. The van der Waals surface area contributed by atoms with Gasteiger partial charge >= 0.3 is 0 Å². The number of halogens is 1. The van der Waals surface area contributed by atoms with Crippen LogP contribution in [-0.4, -0.2) is 19.3 Å². The highest BCUT2D eigenvalue weighted by Gasteiger charge is 2.15. The number of nitrogens with zero attached hydrogens (tertiary/aromatic N) is 1. The van der Waals surface area contributed by atoms with Crippen molar-refractivity contribution in [2.45, 2.75) is 11.8 Å². The number of primary sulfonamides is 1. The summed E-state index contributed by atoms with van der Waals surface area (Å²) in [4.78, 5) is 15.9. The van der Waals surface area contributed by atoms with E-state index in [-0.39, 0.29) is 15.6 Å². The molecule has 1 heterocycles. The first-order valence-corrected chi connectivity index (χ1v) is 7.77. The summed E-state index contributed by atoms with van der Waals surface area (Å²) in [7, 11) is -3.89. The number of hydrogen-bond donors (Lipinski definition) is 2. The molecule has 3 N–H and O–H groups in total. The zero-order chi connectivity index (χ0) is 15.6. The van der Waals surface area contributed by atoms with Crippen LogP contribution in [0.15, 0.2) is 41.4 Å². The van der Waals surface area contributed by atoms with Gasteiger partial charge in [0.25, 0.3) is 5.91 Å². The number of carbonyl (C=O) groups excluding carboxylic acids is 1. The van der Waals surface area contributed by atoms with Crippen LogP contribution in [0.25, 0.3) is 0 Å². The van der Waals surface area contributed by atoms with Gasteiger partial charge < -0.3 is 5.32 Å². The van der Waals surface area contributed by atoms with Crippen molar-refractivity contribution in [3.05, 3.63) is 52.8 Å². The quantitative estimate of drug-likeness (QED) is 0.900. The molecule has 0 atom stereocenters. The molecule has 2 aromatic rings. The molecular formula is C13H12ClN3O3S.